The Bertz CT molecular complexity index is 549. The summed E-state index contributed by atoms with van der Waals surface area (Å²) in [6.45, 7) is 4.27. The Labute approximate surface area is 114 Å². The van der Waals surface area contributed by atoms with Crippen LogP contribution in [-0.2, 0) is 0 Å². The third-order valence-corrected chi connectivity index (χ3v) is 3.44. The van der Waals surface area contributed by atoms with Crippen molar-refractivity contribution in [2.24, 2.45) is 0 Å². The Balaban J connectivity index is 2.45. The first kappa shape index (κ1) is 13.1. The minimum atomic E-state index is 0.185. The highest BCUT2D eigenvalue weighted by Crippen LogP contribution is 2.26. The zero-order valence-electron chi connectivity index (χ0n) is 11.0. The average molecular weight is 260 g/mol. The van der Waals surface area contributed by atoms with Gasteiger partial charge in [0.15, 0.2) is 0 Å². The highest BCUT2D eigenvalue weighted by Gasteiger charge is 2.14. The van der Waals surface area contributed by atoms with E-state index in [1.807, 2.05) is 25.2 Å². The van der Waals surface area contributed by atoms with Crippen LogP contribution in [-0.4, -0.2) is 7.05 Å². The third kappa shape index (κ3) is 2.74. The van der Waals surface area contributed by atoms with Crippen LogP contribution in [0.1, 0.15) is 28.3 Å². The summed E-state index contributed by atoms with van der Waals surface area (Å²) in [5.41, 5.74) is 5.08. The van der Waals surface area contributed by atoms with E-state index in [9.17, 15) is 0 Å². The SMILES string of the molecule is CNC(c1cccc(Cl)c1)c1ccc(C)cc1C. The summed E-state index contributed by atoms with van der Waals surface area (Å²) < 4.78 is 0. The van der Waals surface area contributed by atoms with E-state index < -0.39 is 0 Å². The number of benzene rings is 2. The minimum absolute atomic E-state index is 0.185. The van der Waals surface area contributed by atoms with Gasteiger partial charge in [0.2, 0.25) is 0 Å². The molecular weight excluding hydrogens is 242 g/mol. The molecule has 94 valence electrons. The Hall–Kier alpha value is -1.31. The standard InChI is InChI=1S/C16H18ClN/c1-11-7-8-15(12(2)9-11)16(18-3)13-5-4-6-14(17)10-13/h4-10,16,18H,1-3H3. The number of hydrogen-bond donors (Lipinski definition) is 1. The number of hydrogen-bond acceptors (Lipinski definition) is 1. The molecule has 18 heavy (non-hydrogen) atoms. The molecule has 0 saturated heterocycles. The topological polar surface area (TPSA) is 12.0 Å². The molecule has 0 aliphatic heterocycles. The second-order valence-electron chi connectivity index (χ2n) is 4.64. The second-order valence-corrected chi connectivity index (χ2v) is 5.07. The van der Waals surface area contributed by atoms with Crippen molar-refractivity contribution in [1.29, 1.82) is 0 Å². The van der Waals surface area contributed by atoms with Gasteiger partial charge >= 0.3 is 0 Å². The van der Waals surface area contributed by atoms with Crippen LogP contribution < -0.4 is 5.32 Å². The molecule has 1 nitrogen and oxygen atoms in total. The van der Waals surface area contributed by atoms with Crippen molar-refractivity contribution in [2.45, 2.75) is 19.9 Å². The number of rotatable bonds is 3. The van der Waals surface area contributed by atoms with Gasteiger partial charge in [0, 0.05) is 5.02 Å². The zero-order chi connectivity index (χ0) is 13.1. The summed E-state index contributed by atoms with van der Waals surface area (Å²) in [5.74, 6) is 0. The molecule has 0 spiro atoms. The quantitative estimate of drug-likeness (QED) is 0.868. The number of aryl methyl sites for hydroxylation is 2. The van der Waals surface area contributed by atoms with E-state index in [0.717, 1.165) is 5.02 Å². The van der Waals surface area contributed by atoms with Gasteiger partial charge in [-0.2, -0.15) is 0 Å². The molecule has 0 saturated carbocycles. The lowest BCUT2D eigenvalue weighted by Crippen LogP contribution is -2.18. The van der Waals surface area contributed by atoms with E-state index in [0.29, 0.717) is 0 Å². The van der Waals surface area contributed by atoms with Crippen molar-refractivity contribution < 1.29 is 0 Å². The van der Waals surface area contributed by atoms with E-state index in [1.165, 1.54) is 22.3 Å². The van der Waals surface area contributed by atoms with Crippen molar-refractivity contribution in [1.82, 2.24) is 5.32 Å². The molecule has 0 aromatic heterocycles. The van der Waals surface area contributed by atoms with Crippen LogP contribution in [0.2, 0.25) is 5.02 Å². The maximum absolute atomic E-state index is 6.07. The molecule has 0 bridgehead atoms. The van der Waals surface area contributed by atoms with Gasteiger partial charge in [0.25, 0.3) is 0 Å². The predicted molar refractivity (Wildman–Crippen MR) is 78.3 cm³/mol. The molecule has 2 aromatic carbocycles. The van der Waals surface area contributed by atoms with Gasteiger partial charge in [0.1, 0.15) is 0 Å². The number of halogens is 1. The molecular formula is C16H18ClN. The molecule has 2 rings (SSSR count). The van der Waals surface area contributed by atoms with Crippen LogP contribution in [0.5, 0.6) is 0 Å². The van der Waals surface area contributed by atoms with E-state index in [1.54, 1.807) is 0 Å². The summed E-state index contributed by atoms with van der Waals surface area (Å²) in [5, 5.41) is 4.14. The highest BCUT2D eigenvalue weighted by molar-refractivity contribution is 6.30. The van der Waals surface area contributed by atoms with Crippen LogP contribution in [0.3, 0.4) is 0 Å². The molecule has 0 amide bonds. The van der Waals surface area contributed by atoms with E-state index >= 15 is 0 Å². The van der Waals surface area contributed by atoms with Gasteiger partial charge in [-0.05, 0) is 49.7 Å². The van der Waals surface area contributed by atoms with Crippen LogP contribution in [0, 0.1) is 13.8 Å². The van der Waals surface area contributed by atoms with Crippen LogP contribution in [0.4, 0.5) is 0 Å². The van der Waals surface area contributed by atoms with Gasteiger partial charge in [0.05, 0.1) is 6.04 Å². The van der Waals surface area contributed by atoms with Crippen molar-refractivity contribution >= 4 is 11.6 Å². The maximum atomic E-state index is 6.07. The second kappa shape index (κ2) is 5.55. The molecule has 0 fully saturated rings. The van der Waals surface area contributed by atoms with Gasteiger partial charge in [-0.15, -0.1) is 0 Å². The lowest BCUT2D eigenvalue weighted by Gasteiger charge is -2.20. The smallest absolute Gasteiger partial charge is 0.0577 e. The van der Waals surface area contributed by atoms with Crippen LogP contribution in [0.15, 0.2) is 42.5 Å². The first-order chi connectivity index (χ1) is 8.61. The van der Waals surface area contributed by atoms with Gasteiger partial charge in [-0.1, -0.05) is 47.5 Å². The van der Waals surface area contributed by atoms with E-state index in [-0.39, 0.29) is 6.04 Å². The van der Waals surface area contributed by atoms with Gasteiger partial charge in [-0.25, -0.2) is 0 Å². The Morgan fingerprint density at radius 2 is 1.83 bits per heavy atom. The fourth-order valence-electron chi connectivity index (χ4n) is 2.34. The van der Waals surface area contributed by atoms with Crippen molar-refractivity contribution in [3.05, 3.63) is 69.7 Å². The summed E-state index contributed by atoms with van der Waals surface area (Å²) in [6, 6.07) is 14.7. The van der Waals surface area contributed by atoms with Crippen molar-refractivity contribution in [2.75, 3.05) is 7.05 Å². The summed E-state index contributed by atoms with van der Waals surface area (Å²) >= 11 is 6.07. The highest BCUT2D eigenvalue weighted by atomic mass is 35.5. The lowest BCUT2D eigenvalue weighted by molar-refractivity contribution is 0.687. The molecule has 1 unspecified atom stereocenters. The Morgan fingerprint density at radius 1 is 1.06 bits per heavy atom. The third-order valence-electron chi connectivity index (χ3n) is 3.21. The maximum Gasteiger partial charge on any atom is 0.0577 e. The molecule has 1 N–H and O–H groups in total. The molecule has 1 atom stereocenters. The normalized spacial score (nSPS) is 12.4. The van der Waals surface area contributed by atoms with Crippen molar-refractivity contribution in [3.63, 3.8) is 0 Å². The molecule has 0 heterocycles. The van der Waals surface area contributed by atoms with Crippen molar-refractivity contribution in [3.8, 4) is 0 Å². The van der Waals surface area contributed by atoms with E-state index in [4.69, 9.17) is 11.6 Å². The fourth-order valence-corrected chi connectivity index (χ4v) is 2.54. The average Bonchev–Trinajstić information content (AvgIpc) is 2.33. The molecule has 2 heteroatoms. The first-order valence-electron chi connectivity index (χ1n) is 6.11. The van der Waals surface area contributed by atoms with E-state index in [2.05, 4.69) is 43.4 Å². The van der Waals surface area contributed by atoms with Gasteiger partial charge < -0.3 is 5.32 Å². The lowest BCUT2D eigenvalue weighted by atomic mass is 9.94. The van der Waals surface area contributed by atoms with Gasteiger partial charge in [-0.3, -0.25) is 0 Å². The number of nitrogens with one attached hydrogen (secondary N) is 1. The Kier molecular flexibility index (Phi) is 4.05. The predicted octanol–water partition coefficient (Wildman–Crippen LogP) is 4.27. The monoisotopic (exact) mass is 259 g/mol. The Morgan fingerprint density at radius 3 is 2.44 bits per heavy atom. The molecule has 2 aromatic rings. The van der Waals surface area contributed by atoms with Crippen LogP contribution >= 0.6 is 11.6 Å². The first-order valence-corrected chi connectivity index (χ1v) is 6.49. The molecule has 0 aliphatic carbocycles. The largest absolute Gasteiger partial charge is 0.309 e. The summed E-state index contributed by atoms with van der Waals surface area (Å²) in [6.07, 6.45) is 0. The van der Waals surface area contributed by atoms with Crippen LogP contribution in [0.25, 0.3) is 0 Å². The molecule has 0 radical (unpaired) electrons. The minimum Gasteiger partial charge on any atom is -0.309 e. The summed E-state index contributed by atoms with van der Waals surface area (Å²) in [7, 11) is 1.98. The molecule has 0 aliphatic rings. The zero-order valence-corrected chi connectivity index (χ0v) is 11.8. The summed E-state index contributed by atoms with van der Waals surface area (Å²) in [4.78, 5) is 0. The fraction of sp³-hybridized carbons (Fsp3) is 0.250.